The van der Waals surface area contributed by atoms with Crippen LogP contribution < -0.4 is 9.47 Å². The summed E-state index contributed by atoms with van der Waals surface area (Å²) in [5, 5.41) is 1.02. The first kappa shape index (κ1) is 17.3. The Morgan fingerprint density at radius 2 is 1.96 bits per heavy atom. The highest BCUT2D eigenvalue weighted by atomic mass is 19.1. The van der Waals surface area contributed by atoms with E-state index in [1.165, 1.54) is 24.3 Å². The van der Waals surface area contributed by atoms with Crippen LogP contribution in [0.4, 0.5) is 4.39 Å². The average molecular weight is 366 g/mol. The molecule has 1 amide bonds. The summed E-state index contributed by atoms with van der Waals surface area (Å²) in [6, 6.07) is 15.3. The van der Waals surface area contributed by atoms with Crippen molar-refractivity contribution in [2.24, 2.45) is 0 Å². The molecule has 5 nitrogen and oxygen atoms in total. The standard InChI is InChI=1S/C21H19FN2O3/c22-16-6-8-17(9-7-16)26-14-20(25)24-12-10-18(13-24)27-19-5-1-3-15-4-2-11-23-21(15)19/h1-9,11,18H,10,12-14H2/t18-/m0/s1. The Kier molecular flexibility index (Phi) is 4.87. The predicted octanol–water partition coefficient (Wildman–Crippen LogP) is 3.43. The topological polar surface area (TPSA) is 51.7 Å². The lowest BCUT2D eigenvalue weighted by molar-refractivity contribution is -0.132. The van der Waals surface area contributed by atoms with E-state index in [-0.39, 0.29) is 24.4 Å². The largest absolute Gasteiger partial charge is 0.486 e. The van der Waals surface area contributed by atoms with Gasteiger partial charge in [-0.25, -0.2) is 4.39 Å². The minimum atomic E-state index is -0.337. The third-order valence-electron chi connectivity index (χ3n) is 4.56. The van der Waals surface area contributed by atoms with Crippen molar-refractivity contribution in [3.63, 3.8) is 0 Å². The number of carbonyl (C=O) groups excluding carboxylic acids is 1. The van der Waals surface area contributed by atoms with E-state index in [1.54, 1.807) is 11.1 Å². The van der Waals surface area contributed by atoms with Gasteiger partial charge in [-0.15, -0.1) is 0 Å². The maximum absolute atomic E-state index is 12.9. The van der Waals surface area contributed by atoms with Gasteiger partial charge in [-0.3, -0.25) is 9.78 Å². The first-order chi connectivity index (χ1) is 13.2. The Hall–Kier alpha value is -3.15. The molecule has 0 saturated carbocycles. The number of rotatable bonds is 5. The van der Waals surface area contributed by atoms with E-state index in [2.05, 4.69) is 4.98 Å². The van der Waals surface area contributed by atoms with Gasteiger partial charge in [0.2, 0.25) is 0 Å². The highest BCUT2D eigenvalue weighted by Gasteiger charge is 2.28. The van der Waals surface area contributed by atoms with Crippen LogP contribution in [0.5, 0.6) is 11.5 Å². The van der Waals surface area contributed by atoms with Gasteiger partial charge in [0.15, 0.2) is 6.61 Å². The van der Waals surface area contributed by atoms with Crippen LogP contribution in [0.3, 0.4) is 0 Å². The van der Waals surface area contributed by atoms with E-state index in [1.807, 2.05) is 30.3 Å². The molecule has 1 aromatic heterocycles. The molecule has 6 heteroatoms. The van der Waals surface area contributed by atoms with Gasteiger partial charge in [-0.2, -0.15) is 0 Å². The van der Waals surface area contributed by atoms with Crippen LogP contribution in [-0.4, -0.2) is 41.6 Å². The van der Waals surface area contributed by atoms with Crippen molar-refractivity contribution in [3.05, 3.63) is 66.6 Å². The van der Waals surface area contributed by atoms with Crippen molar-refractivity contribution in [1.29, 1.82) is 0 Å². The first-order valence-corrected chi connectivity index (χ1v) is 8.85. The number of halogens is 1. The van der Waals surface area contributed by atoms with Crippen LogP contribution in [0.25, 0.3) is 10.9 Å². The molecule has 4 rings (SSSR count). The minimum absolute atomic E-state index is 0.0752. The predicted molar refractivity (Wildman–Crippen MR) is 99.3 cm³/mol. The highest BCUT2D eigenvalue weighted by molar-refractivity contribution is 5.84. The second kappa shape index (κ2) is 7.61. The van der Waals surface area contributed by atoms with Gasteiger partial charge >= 0.3 is 0 Å². The summed E-state index contributed by atoms with van der Waals surface area (Å²) in [7, 11) is 0. The number of carbonyl (C=O) groups is 1. The zero-order valence-electron chi connectivity index (χ0n) is 14.7. The fraction of sp³-hybridized carbons (Fsp3) is 0.238. The Bertz CT molecular complexity index is 940. The van der Waals surface area contributed by atoms with E-state index >= 15 is 0 Å². The van der Waals surface area contributed by atoms with Gasteiger partial charge in [0.25, 0.3) is 5.91 Å². The normalized spacial score (nSPS) is 16.5. The van der Waals surface area contributed by atoms with Crippen molar-refractivity contribution >= 4 is 16.8 Å². The molecule has 1 atom stereocenters. The minimum Gasteiger partial charge on any atom is -0.486 e. The molecule has 1 saturated heterocycles. The summed E-state index contributed by atoms with van der Waals surface area (Å²) < 4.78 is 24.4. The molecule has 0 N–H and O–H groups in total. The highest BCUT2D eigenvalue weighted by Crippen LogP contribution is 2.26. The van der Waals surface area contributed by atoms with Crippen LogP contribution in [-0.2, 0) is 4.79 Å². The van der Waals surface area contributed by atoms with Gasteiger partial charge in [0.05, 0.1) is 6.54 Å². The third-order valence-corrected chi connectivity index (χ3v) is 4.56. The number of ether oxygens (including phenoxy) is 2. The molecule has 138 valence electrons. The Labute approximate surface area is 156 Å². The molecule has 0 spiro atoms. The molecule has 0 aliphatic carbocycles. The fourth-order valence-electron chi connectivity index (χ4n) is 3.17. The lowest BCUT2D eigenvalue weighted by Gasteiger charge is -2.18. The van der Waals surface area contributed by atoms with Crippen LogP contribution in [0, 0.1) is 5.82 Å². The third kappa shape index (κ3) is 4.00. The average Bonchev–Trinajstić information content (AvgIpc) is 3.16. The zero-order chi connectivity index (χ0) is 18.6. The summed E-state index contributed by atoms with van der Waals surface area (Å²) in [5.74, 6) is 0.756. The second-order valence-corrected chi connectivity index (χ2v) is 6.44. The van der Waals surface area contributed by atoms with Crippen LogP contribution in [0.15, 0.2) is 60.8 Å². The van der Waals surface area contributed by atoms with Gasteiger partial charge in [-0.1, -0.05) is 18.2 Å². The van der Waals surface area contributed by atoms with E-state index in [0.717, 1.165) is 23.1 Å². The Morgan fingerprint density at radius 3 is 2.81 bits per heavy atom. The monoisotopic (exact) mass is 366 g/mol. The summed E-state index contributed by atoms with van der Waals surface area (Å²) in [5.41, 5.74) is 0.824. The molecular weight excluding hydrogens is 347 g/mol. The molecule has 1 fully saturated rings. The molecule has 0 bridgehead atoms. The molecule has 2 aromatic carbocycles. The van der Waals surface area contributed by atoms with E-state index < -0.39 is 0 Å². The van der Waals surface area contributed by atoms with E-state index in [9.17, 15) is 9.18 Å². The lowest BCUT2D eigenvalue weighted by Crippen LogP contribution is -2.34. The zero-order valence-corrected chi connectivity index (χ0v) is 14.7. The molecule has 1 aliphatic rings. The number of hydrogen-bond donors (Lipinski definition) is 0. The van der Waals surface area contributed by atoms with Crippen molar-refractivity contribution < 1.29 is 18.7 Å². The number of amides is 1. The number of para-hydroxylation sites is 1. The van der Waals surface area contributed by atoms with Crippen molar-refractivity contribution in [2.45, 2.75) is 12.5 Å². The Balaban J connectivity index is 1.34. The number of hydrogen-bond acceptors (Lipinski definition) is 4. The van der Waals surface area contributed by atoms with Crippen molar-refractivity contribution in [2.75, 3.05) is 19.7 Å². The fourth-order valence-corrected chi connectivity index (χ4v) is 3.17. The lowest BCUT2D eigenvalue weighted by atomic mass is 10.2. The molecule has 27 heavy (non-hydrogen) atoms. The summed E-state index contributed by atoms with van der Waals surface area (Å²) in [6.07, 6.45) is 2.42. The summed E-state index contributed by atoms with van der Waals surface area (Å²) >= 11 is 0. The van der Waals surface area contributed by atoms with Crippen molar-refractivity contribution in [3.8, 4) is 11.5 Å². The summed E-state index contributed by atoms with van der Waals surface area (Å²) in [6.45, 7) is 1.05. The van der Waals surface area contributed by atoms with Gasteiger partial charge < -0.3 is 14.4 Å². The van der Waals surface area contributed by atoms with E-state index in [0.29, 0.717) is 18.8 Å². The summed E-state index contributed by atoms with van der Waals surface area (Å²) in [4.78, 5) is 18.5. The smallest absolute Gasteiger partial charge is 0.260 e. The quantitative estimate of drug-likeness (QED) is 0.694. The maximum atomic E-state index is 12.9. The first-order valence-electron chi connectivity index (χ1n) is 8.85. The molecule has 0 radical (unpaired) electrons. The van der Waals surface area contributed by atoms with Crippen LogP contribution >= 0.6 is 0 Å². The number of pyridine rings is 1. The molecule has 2 heterocycles. The molecule has 0 unspecified atom stereocenters. The van der Waals surface area contributed by atoms with Crippen LogP contribution in [0.1, 0.15) is 6.42 Å². The number of aromatic nitrogens is 1. The van der Waals surface area contributed by atoms with Gasteiger partial charge in [0.1, 0.15) is 28.9 Å². The second-order valence-electron chi connectivity index (χ2n) is 6.44. The number of benzene rings is 2. The van der Waals surface area contributed by atoms with Crippen LogP contribution in [0.2, 0.25) is 0 Å². The van der Waals surface area contributed by atoms with Gasteiger partial charge in [0, 0.05) is 24.5 Å². The number of nitrogens with zero attached hydrogens (tertiary/aromatic N) is 2. The van der Waals surface area contributed by atoms with E-state index in [4.69, 9.17) is 9.47 Å². The molecular formula is C21H19FN2O3. The Morgan fingerprint density at radius 1 is 1.15 bits per heavy atom. The SMILES string of the molecule is O=C(COc1ccc(F)cc1)N1CC[C@H](Oc2cccc3cccnc23)C1. The van der Waals surface area contributed by atoms with Crippen molar-refractivity contribution in [1.82, 2.24) is 9.88 Å². The molecule has 3 aromatic rings. The van der Waals surface area contributed by atoms with Gasteiger partial charge in [-0.05, 0) is 36.4 Å². The number of fused-ring (bicyclic) bond motifs is 1. The maximum Gasteiger partial charge on any atom is 0.260 e. The number of likely N-dealkylation sites (tertiary alicyclic amines) is 1. The molecule has 1 aliphatic heterocycles.